The highest BCUT2D eigenvalue weighted by Crippen LogP contribution is 1.58. The summed E-state index contributed by atoms with van der Waals surface area (Å²) in [4.78, 5) is 2.33. The minimum atomic E-state index is 1.98. The molecule has 0 unspecified atom stereocenters. The lowest BCUT2D eigenvalue weighted by Crippen LogP contribution is -1.41. The largest absolute Gasteiger partial charge is 0.106 e. The summed E-state index contributed by atoms with van der Waals surface area (Å²) in [5.41, 5.74) is 7.58. The molecule has 0 amide bonds. The fourth-order valence-corrected chi connectivity index (χ4v) is 0.0796. The molecule has 0 N–H and O–H groups in total. The molecular formula is C4HN3. The van der Waals surface area contributed by atoms with Crippen LogP contribution >= 0.6 is 0 Å². The van der Waals surface area contributed by atoms with Crippen molar-refractivity contribution in [3.8, 4) is 24.3 Å². The maximum absolute atomic E-state index is 7.58. The molecule has 0 fully saturated rings. The Labute approximate surface area is 41.0 Å². The molecule has 0 aliphatic heterocycles. The van der Waals surface area contributed by atoms with Gasteiger partial charge in [-0.15, -0.1) is 6.42 Å². The van der Waals surface area contributed by atoms with E-state index in [4.69, 9.17) is 5.53 Å². The van der Waals surface area contributed by atoms with Crippen molar-refractivity contribution in [2.24, 2.45) is 5.11 Å². The van der Waals surface area contributed by atoms with Gasteiger partial charge >= 0.3 is 0 Å². The minimum absolute atomic E-state index is 1.98. The van der Waals surface area contributed by atoms with Gasteiger partial charge in [0.25, 0.3) is 0 Å². The van der Waals surface area contributed by atoms with E-state index in [1.165, 1.54) is 0 Å². The quantitative estimate of drug-likeness (QED) is 0.184. The van der Waals surface area contributed by atoms with Crippen LogP contribution in [-0.4, -0.2) is 0 Å². The van der Waals surface area contributed by atoms with Crippen molar-refractivity contribution in [2.75, 3.05) is 0 Å². The topological polar surface area (TPSA) is 48.8 Å². The molecule has 0 heterocycles. The van der Waals surface area contributed by atoms with Crippen molar-refractivity contribution in [1.29, 1.82) is 0 Å². The van der Waals surface area contributed by atoms with Crippen LogP contribution in [-0.2, 0) is 0 Å². The molecule has 0 spiro atoms. The summed E-state index contributed by atoms with van der Waals surface area (Å²) in [5.74, 6) is 4.08. The lowest BCUT2D eigenvalue weighted by molar-refractivity contribution is 1.61. The number of azide groups is 1. The van der Waals surface area contributed by atoms with Crippen molar-refractivity contribution in [2.45, 2.75) is 0 Å². The zero-order valence-electron chi connectivity index (χ0n) is 3.42. The normalized spacial score (nSPS) is 3.86. The Hall–Kier alpha value is -1.57. The van der Waals surface area contributed by atoms with E-state index < -0.39 is 0 Å². The van der Waals surface area contributed by atoms with Crippen LogP contribution < -0.4 is 0 Å². The number of rotatable bonds is 0. The van der Waals surface area contributed by atoms with Gasteiger partial charge in [0, 0.05) is 11.0 Å². The molecular weight excluding hydrogens is 90.1 g/mol. The van der Waals surface area contributed by atoms with Crippen molar-refractivity contribution in [3.63, 3.8) is 0 Å². The van der Waals surface area contributed by atoms with Crippen LogP contribution in [0, 0.1) is 24.3 Å². The highest BCUT2D eigenvalue weighted by molar-refractivity contribution is 5.20. The van der Waals surface area contributed by atoms with Gasteiger partial charge in [0.15, 0.2) is 0 Å². The third-order valence-corrected chi connectivity index (χ3v) is 0.223. The molecule has 3 heteroatoms. The Morgan fingerprint density at radius 3 is 2.86 bits per heavy atom. The van der Waals surface area contributed by atoms with Crippen molar-refractivity contribution >= 4 is 0 Å². The number of hydrogen-bond acceptors (Lipinski definition) is 1. The SMILES string of the molecule is C#CC#CN=[N+]=[N-]. The molecule has 0 aromatic rings. The van der Waals surface area contributed by atoms with Crippen LogP contribution in [0.5, 0.6) is 0 Å². The van der Waals surface area contributed by atoms with Gasteiger partial charge in [0.1, 0.15) is 0 Å². The predicted molar refractivity (Wildman–Crippen MR) is 25.8 cm³/mol. The molecule has 3 nitrogen and oxygen atoms in total. The highest BCUT2D eigenvalue weighted by Gasteiger charge is 1.47. The van der Waals surface area contributed by atoms with Crippen LogP contribution in [0.25, 0.3) is 10.4 Å². The molecule has 0 atom stereocenters. The van der Waals surface area contributed by atoms with E-state index in [0.29, 0.717) is 0 Å². The summed E-state index contributed by atoms with van der Waals surface area (Å²) in [6, 6.07) is 2.01. The first kappa shape index (κ1) is 5.43. The summed E-state index contributed by atoms with van der Waals surface area (Å²) in [6.45, 7) is 0. The molecule has 0 aliphatic carbocycles. The first-order valence-electron chi connectivity index (χ1n) is 1.41. The summed E-state index contributed by atoms with van der Waals surface area (Å²) in [6.07, 6.45) is 4.66. The van der Waals surface area contributed by atoms with E-state index >= 15 is 0 Å². The molecule has 0 aromatic carbocycles. The van der Waals surface area contributed by atoms with Gasteiger partial charge in [-0.1, -0.05) is 0 Å². The highest BCUT2D eigenvalue weighted by atomic mass is 15.1. The first-order valence-corrected chi connectivity index (χ1v) is 1.41. The number of terminal acetylenes is 1. The van der Waals surface area contributed by atoms with Gasteiger partial charge in [0.05, 0.1) is 0 Å². The summed E-state index contributed by atoms with van der Waals surface area (Å²) in [5, 5.41) is 2.84. The predicted octanol–water partition coefficient (Wildman–Crippen LogP) is 0.891. The van der Waals surface area contributed by atoms with Crippen molar-refractivity contribution in [1.82, 2.24) is 0 Å². The van der Waals surface area contributed by atoms with Gasteiger partial charge in [-0.25, -0.2) is 0 Å². The average molecular weight is 91.1 g/mol. The van der Waals surface area contributed by atoms with Crippen LogP contribution in [0.15, 0.2) is 5.11 Å². The van der Waals surface area contributed by atoms with Crippen LogP contribution in [0.4, 0.5) is 0 Å². The molecule has 0 rings (SSSR count). The second-order valence-electron chi connectivity index (χ2n) is 0.571. The van der Waals surface area contributed by atoms with Crippen molar-refractivity contribution in [3.05, 3.63) is 10.4 Å². The fraction of sp³-hybridized carbons (Fsp3) is 0. The van der Waals surface area contributed by atoms with E-state index in [1.807, 2.05) is 12.0 Å². The van der Waals surface area contributed by atoms with Crippen LogP contribution in [0.1, 0.15) is 0 Å². The van der Waals surface area contributed by atoms with E-state index in [1.54, 1.807) is 0 Å². The zero-order chi connectivity index (χ0) is 5.54. The zero-order valence-corrected chi connectivity index (χ0v) is 3.42. The lowest BCUT2D eigenvalue weighted by atomic mass is 10.7. The molecule has 0 radical (unpaired) electrons. The monoisotopic (exact) mass is 91.0 g/mol. The summed E-state index contributed by atoms with van der Waals surface area (Å²) >= 11 is 0. The number of hydrogen-bond donors (Lipinski definition) is 0. The standard InChI is InChI=1S/C4HN3/c1-2-3-4-6-7-5/h1H. The van der Waals surface area contributed by atoms with Gasteiger partial charge in [-0.05, 0) is 22.5 Å². The summed E-state index contributed by atoms with van der Waals surface area (Å²) < 4.78 is 0. The molecule has 0 bridgehead atoms. The van der Waals surface area contributed by atoms with E-state index in [2.05, 4.69) is 22.4 Å². The van der Waals surface area contributed by atoms with E-state index in [9.17, 15) is 0 Å². The molecule has 0 aliphatic rings. The Morgan fingerprint density at radius 1 is 1.71 bits per heavy atom. The molecule has 0 saturated heterocycles. The maximum Gasteiger partial charge on any atom is 0.0127 e. The van der Waals surface area contributed by atoms with Crippen LogP contribution in [0.3, 0.4) is 0 Å². The first-order chi connectivity index (χ1) is 3.41. The lowest BCUT2D eigenvalue weighted by Gasteiger charge is -1.48. The minimum Gasteiger partial charge on any atom is -0.106 e. The van der Waals surface area contributed by atoms with Crippen molar-refractivity contribution < 1.29 is 0 Å². The number of nitrogens with zero attached hydrogens (tertiary/aromatic N) is 3. The van der Waals surface area contributed by atoms with Gasteiger partial charge in [-0.3, -0.25) is 0 Å². The average Bonchev–Trinajstić information content (AvgIpc) is 1.69. The Balaban J connectivity index is 3.75. The Bertz CT molecular complexity index is 181. The summed E-state index contributed by atoms with van der Waals surface area (Å²) in [7, 11) is 0. The third-order valence-electron chi connectivity index (χ3n) is 0.223. The van der Waals surface area contributed by atoms with E-state index in [-0.39, 0.29) is 0 Å². The van der Waals surface area contributed by atoms with Crippen LogP contribution in [0.2, 0.25) is 0 Å². The Kier molecular flexibility index (Phi) is 3.44. The maximum atomic E-state index is 7.58. The second-order valence-corrected chi connectivity index (χ2v) is 0.571. The molecule has 0 aromatic heterocycles. The fourth-order valence-electron chi connectivity index (χ4n) is 0.0796. The molecule has 32 valence electrons. The van der Waals surface area contributed by atoms with Gasteiger partial charge in [-0.2, -0.15) is 0 Å². The third kappa shape index (κ3) is 4.43. The van der Waals surface area contributed by atoms with E-state index in [0.717, 1.165) is 0 Å². The second kappa shape index (κ2) is 4.43. The van der Waals surface area contributed by atoms with Gasteiger partial charge in [0.2, 0.25) is 0 Å². The van der Waals surface area contributed by atoms with Gasteiger partial charge < -0.3 is 0 Å². The molecule has 7 heavy (non-hydrogen) atoms. The Morgan fingerprint density at radius 2 is 2.43 bits per heavy atom. The smallest absolute Gasteiger partial charge is 0.0127 e. The molecule has 0 saturated carbocycles.